The van der Waals surface area contributed by atoms with E-state index in [0.29, 0.717) is 7.48 Å². The minimum absolute atomic E-state index is 0.459. The largest absolute Gasteiger partial charge is 0.427 e. The Hall–Kier alpha value is -1.85. The van der Waals surface area contributed by atoms with Crippen LogP contribution in [-0.2, 0) is 4.65 Å². The van der Waals surface area contributed by atoms with Crippen LogP contribution in [0.5, 0.6) is 0 Å². The quantitative estimate of drug-likeness (QED) is 0.726. The normalized spacial score (nSPS) is 13.0. The Morgan fingerprint density at radius 3 is 2.59 bits per heavy atom. The molecule has 0 amide bonds. The first-order valence-corrected chi connectivity index (χ1v) is 7.49. The predicted octanol–water partition coefficient (Wildman–Crippen LogP) is 2.26. The lowest BCUT2D eigenvalue weighted by atomic mass is 9.82. The summed E-state index contributed by atoms with van der Waals surface area (Å²) in [5.41, 5.74) is 1.71. The highest BCUT2D eigenvalue weighted by atomic mass is 16.5. The molecule has 114 valence electrons. The van der Waals surface area contributed by atoms with Crippen LogP contribution in [0.4, 0.5) is 0 Å². The maximum absolute atomic E-state index is 10.2. The van der Waals surface area contributed by atoms with Gasteiger partial charge in [-0.05, 0) is 39.8 Å². The third-order valence-corrected chi connectivity index (χ3v) is 4.54. The lowest BCUT2D eigenvalue weighted by Crippen LogP contribution is -2.49. The first-order chi connectivity index (χ1) is 10.3. The van der Waals surface area contributed by atoms with Crippen LogP contribution in [0.25, 0.3) is 21.8 Å². The van der Waals surface area contributed by atoms with Gasteiger partial charge in [0.2, 0.25) is 0 Å². The van der Waals surface area contributed by atoms with Gasteiger partial charge in [-0.1, -0.05) is 17.6 Å². The number of hydrogen-bond donors (Lipinski definition) is 2. The molecule has 0 saturated heterocycles. The van der Waals surface area contributed by atoms with Crippen LogP contribution >= 0.6 is 0 Å². The van der Waals surface area contributed by atoms with E-state index in [9.17, 15) is 5.11 Å². The van der Waals surface area contributed by atoms with E-state index in [4.69, 9.17) is 4.65 Å². The van der Waals surface area contributed by atoms with Gasteiger partial charge in [0.25, 0.3) is 0 Å². The third-order valence-electron chi connectivity index (χ3n) is 4.54. The molecule has 1 aromatic carbocycles. The molecule has 0 aliphatic carbocycles. The summed E-state index contributed by atoms with van der Waals surface area (Å²) in [6, 6.07) is 8.22. The van der Waals surface area contributed by atoms with E-state index in [0.717, 1.165) is 27.3 Å². The Morgan fingerprint density at radius 1 is 1.09 bits per heavy atom. The van der Waals surface area contributed by atoms with Gasteiger partial charge in [0, 0.05) is 34.2 Å². The van der Waals surface area contributed by atoms with Gasteiger partial charge < -0.3 is 14.7 Å². The number of aromatic nitrogens is 2. The van der Waals surface area contributed by atoms with Gasteiger partial charge in [-0.3, -0.25) is 4.98 Å². The van der Waals surface area contributed by atoms with Crippen molar-refractivity contribution in [3.8, 4) is 0 Å². The predicted molar refractivity (Wildman–Crippen MR) is 91.8 cm³/mol. The van der Waals surface area contributed by atoms with Crippen molar-refractivity contribution in [1.29, 1.82) is 0 Å². The van der Waals surface area contributed by atoms with Crippen molar-refractivity contribution in [3.05, 3.63) is 36.7 Å². The summed E-state index contributed by atoms with van der Waals surface area (Å²) in [5, 5.41) is 12.4. The van der Waals surface area contributed by atoms with Gasteiger partial charge in [-0.15, -0.1) is 0 Å². The number of H-pyrrole nitrogens is 1. The van der Waals surface area contributed by atoms with Crippen LogP contribution < -0.4 is 5.46 Å². The molecule has 0 bridgehead atoms. The van der Waals surface area contributed by atoms with Crippen molar-refractivity contribution in [3.63, 3.8) is 0 Å². The van der Waals surface area contributed by atoms with Gasteiger partial charge in [-0.25, -0.2) is 0 Å². The second-order valence-corrected chi connectivity index (χ2v) is 6.78. The number of benzene rings is 1. The molecule has 5 heteroatoms. The molecular weight excluding hydrogens is 275 g/mol. The average Bonchev–Trinajstić information content (AvgIpc) is 2.81. The van der Waals surface area contributed by atoms with Crippen molar-refractivity contribution in [2.45, 2.75) is 38.9 Å². The number of nitrogens with one attached hydrogen (secondary N) is 1. The minimum atomic E-state index is -0.899. The summed E-state index contributed by atoms with van der Waals surface area (Å²) < 4.78 is 5.93. The molecule has 3 aromatic rings. The van der Waals surface area contributed by atoms with Crippen LogP contribution in [0.2, 0.25) is 0 Å². The summed E-state index contributed by atoms with van der Waals surface area (Å²) in [6.07, 6.45) is 3.66. The van der Waals surface area contributed by atoms with Gasteiger partial charge in [0.15, 0.2) is 0 Å². The minimum Gasteiger partial charge on any atom is -0.427 e. The molecule has 0 radical (unpaired) electrons. The smallest absolute Gasteiger partial charge is 0.309 e. The van der Waals surface area contributed by atoms with Crippen molar-refractivity contribution in [2.75, 3.05) is 0 Å². The molecule has 0 atom stereocenters. The van der Waals surface area contributed by atoms with Crippen molar-refractivity contribution >= 4 is 34.8 Å². The Balaban J connectivity index is 1.88. The van der Waals surface area contributed by atoms with Crippen LogP contribution in [-0.4, -0.2) is 33.8 Å². The van der Waals surface area contributed by atoms with Crippen molar-refractivity contribution < 1.29 is 9.76 Å². The Morgan fingerprint density at radius 2 is 1.86 bits per heavy atom. The third kappa shape index (κ3) is 2.62. The number of aromatic amines is 1. The fourth-order valence-corrected chi connectivity index (χ4v) is 2.32. The molecule has 2 aromatic heterocycles. The molecule has 2 N–H and O–H groups in total. The maximum atomic E-state index is 10.2. The highest BCUT2D eigenvalue weighted by Crippen LogP contribution is 2.25. The molecule has 0 spiro atoms. The van der Waals surface area contributed by atoms with Crippen molar-refractivity contribution in [1.82, 2.24) is 9.97 Å². The zero-order valence-corrected chi connectivity index (χ0v) is 13.5. The summed E-state index contributed by atoms with van der Waals surface area (Å²) in [6.45, 7) is 7.34. The Labute approximate surface area is 130 Å². The van der Waals surface area contributed by atoms with Crippen LogP contribution in [0.15, 0.2) is 36.7 Å². The fraction of sp³-hybridized carbons (Fsp3) is 0.353. The molecule has 0 fully saturated rings. The number of nitrogens with zero attached hydrogens (tertiary/aromatic N) is 1. The number of rotatable bonds is 4. The lowest BCUT2D eigenvalue weighted by molar-refractivity contribution is -0.0893. The zero-order valence-electron chi connectivity index (χ0n) is 13.5. The molecule has 2 heterocycles. The average molecular weight is 296 g/mol. The molecule has 0 unspecified atom stereocenters. The fourth-order valence-electron chi connectivity index (χ4n) is 2.32. The van der Waals surface area contributed by atoms with Crippen LogP contribution in [0.1, 0.15) is 27.7 Å². The summed E-state index contributed by atoms with van der Waals surface area (Å²) in [4.78, 5) is 7.58. The number of fused-ring (bicyclic) bond motifs is 3. The van der Waals surface area contributed by atoms with E-state index in [1.165, 1.54) is 0 Å². The first kappa shape index (κ1) is 15.1. The molecule has 4 nitrogen and oxygen atoms in total. The molecule has 22 heavy (non-hydrogen) atoms. The first-order valence-electron chi connectivity index (χ1n) is 7.49. The number of pyridine rings is 1. The highest BCUT2D eigenvalue weighted by Gasteiger charge is 2.35. The summed E-state index contributed by atoms with van der Waals surface area (Å²) in [7, 11) is 0.459. The molecule has 0 aliphatic rings. The van der Waals surface area contributed by atoms with E-state index in [2.05, 4.69) is 28.2 Å². The zero-order chi connectivity index (χ0) is 16.0. The Bertz CT molecular complexity index is 818. The topological polar surface area (TPSA) is 58.1 Å². The molecule has 3 rings (SSSR count). The van der Waals surface area contributed by atoms with Crippen molar-refractivity contribution in [2.24, 2.45) is 0 Å². The SMILES string of the molecule is CC(C)(O)C(C)(C)OBc1ccc2c(c1)[nH]c1ccncc12. The van der Waals surface area contributed by atoms with E-state index >= 15 is 0 Å². The summed E-state index contributed by atoms with van der Waals surface area (Å²) in [5.74, 6) is 0. The highest BCUT2D eigenvalue weighted by molar-refractivity contribution is 6.47. The number of aliphatic hydroxyl groups is 1. The molecule has 0 aliphatic heterocycles. The molecule has 0 saturated carbocycles. The summed E-state index contributed by atoms with van der Waals surface area (Å²) >= 11 is 0. The van der Waals surface area contributed by atoms with E-state index in [1.54, 1.807) is 20.0 Å². The molecular formula is C17H21BN2O2. The van der Waals surface area contributed by atoms with Gasteiger partial charge >= 0.3 is 7.48 Å². The second kappa shape index (κ2) is 5.11. The van der Waals surface area contributed by atoms with E-state index < -0.39 is 11.2 Å². The van der Waals surface area contributed by atoms with Crippen LogP contribution in [0.3, 0.4) is 0 Å². The van der Waals surface area contributed by atoms with E-state index in [-0.39, 0.29) is 0 Å². The van der Waals surface area contributed by atoms with E-state index in [1.807, 2.05) is 26.1 Å². The number of hydrogen-bond acceptors (Lipinski definition) is 3. The van der Waals surface area contributed by atoms with Gasteiger partial charge in [0.05, 0.1) is 11.2 Å². The van der Waals surface area contributed by atoms with Gasteiger partial charge in [0.1, 0.15) is 0 Å². The maximum Gasteiger partial charge on any atom is 0.309 e. The van der Waals surface area contributed by atoms with Crippen LogP contribution in [0, 0.1) is 0 Å². The Kier molecular flexibility index (Phi) is 3.50. The standard InChI is InChI=1S/C17H21BN2O2/c1-16(2,21)17(3,4)22-18-11-5-6-12-13-10-19-8-7-14(13)20-15(12)9-11/h5-10,18,20-21H,1-4H3. The monoisotopic (exact) mass is 296 g/mol. The lowest BCUT2D eigenvalue weighted by Gasteiger charge is -2.37. The van der Waals surface area contributed by atoms with Gasteiger partial charge in [-0.2, -0.15) is 0 Å². The second-order valence-electron chi connectivity index (χ2n) is 6.78.